The molecule has 0 spiro atoms. The number of thiazole rings is 1. The Morgan fingerprint density at radius 3 is 2.68 bits per heavy atom. The molecule has 28 heavy (non-hydrogen) atoms. The van der Waals surface area contributed by atoms with Crippen LogP contribution in [0.25, 0.3) is 0 Å². The fourth-order valence-electron chi connectivity index (χ4n) is 2.91. The molecule has 0 atom stereocenters. The summed E-state index contributed by atoms with van der Waals surface area (Å²) < 4.78 is 5.81. The van der Waals surface area contributed by atoms with Gasteiger partial charge in [-0.25, -0.2) is 4.98 Å². The number of amides is 1. The van der Waals surface area contributed by atoms with E-state index in [-0.39, 0.29) is 5.91 Å². The van der Waals surface area contributed by atoms with Gasteiger partial charge in [-0.3, -0.25) is 4.79 Å². The van der Waals surface area contributed by atoms with Crippen LogP contribution in [0.15, 0.2) is 60.0 Å². The number of aromatic nitrogens is 1. The molecule has 0 aliphatic carbocycles. The normalized spacial score (nSPS) is 10.6. The van der Waals surface area contributed by atoms with Crippen molar-refractivity contribution in [2.45, 2.75) is 20.0 Å². The predicted molar refractivity (Wildman–Crippen MR) is 113 cm³/mol. The average molecular weight is 396 g/mol. The Morgan fingerprint density at radius 1 is 1.14 bits per heavy atom. The fourth-order valence-corrected chi connectivity index (χ4v) is 3.51. The molecular weight excluding hydrogens is 370 g/mol. The zero-order valence-corrected chi connectivity index (χ0v) is 16.8. The van der Waals surface area contributed by atoms with Gasteiger partial charge in [0.05, 0.1) is 10.7 Å². The number of carbonyl (C=O) groups is 1. The van der Waals surface area contributed by atoms with Gasteiger partial charge in [-0.2, -0.15) is 0 Å². The van der Waals surface area contributed by atoms with Crippen LogP contribution in [-0.4, -0.2) is 35.4 Å². The second-order valence-corrected chi connectivity index (χ2v) is 7.55. The zero-order valence-electron chi connectivity index (χ0n) is 16.0. The molecule has 1 amide bonds. The summed E-state index contributed by atoms with van der Waals surface area (Å²) in [6.45, 7) is 3.94. The lowest BCUT2D eigenvalue weighted by atomic mass is 10.1. The predicted octanol–water partition coefficient (Wildman–Crippen LogP) is 3.67. The fraction of sp³-hybridized carbons (Fsp3) is 0.273. The van der Waals surface area contributed by atoms with E-state index in [0.29, 0.717) is 37.6 Å². The third kappa shape index (κ3) is 5.65. The van der Waals surface area contributed by atoms with E-state index < -0.39 is 0 Å². The molecule has 6 heteroatoms. The maximum Gasteiger partial charge on any atom is 0.254 e. The first-order valence-corrected chi connectivity index (χ1v) is 10.2. The van der Waals surface area contributed by atoms with Crippen LogP contribution in [0.4, 0.5) is 0 Å². The minimum Gasteiger partial charge on any atom is -0.487 e. The van der Waals surface area contributed by atoms with Crippen LogP contribution in [0.5, 0.6) is 5.75 Å². The summed E-state index contributed by atoms with van der Waals surface area (Å²) in [6.07, 6.45) is 0.798. The highest BCUT2D eigenvalue weighted by atomic mass is 32.1. The number of nitrogens with zero attached hydrogens (tertiary/aromatic N) is 2. The van der Waals surface area contributed by atoms with Gasteiger partial charge < -0.3 is 15.4 Å². The van der Waals surface area contributed by atoms with E-state index in [2.05, 4.69) is 17.1 Å². The number of rotatable bonds is 9. The van der Waals surface area contributed by atoms with E-state index in [1.165, 1.54) is 5.56 Å². The summed E-state index contributed by atoms with van der Waals surface area (Å²) in [5.74, 6) is 0.628. The molecule has 1 aromatic heterocycles. The van der Waals surface area contributed by atoms with Gasteiger partial charge >= 0.3 is 0 Å². The van der Waals surface area contributed by atoms with Gasteiger partial charge in [-0.05, 0) is 37.1 Å². The summed E-state index contributed by atoms with van der Waals surface area (Å²) in [5, 5.41) is 3.00. The van der Waals surface area contributed by atoms with Crippen LogP contribution in [0, 0.1) is 6.92 Å². The molecule has 0 saturated carbocycles. The van der Waals surface area contributed by atoms with Crippen molar-refractivity contribution in [1.82, 2.24) is 9.88 Å². The van der Waals surface area contributed by atoms with Crippen LogP contribution in [0.1, 0.15) is 26.6 Å². The van der Waals surface area contributed by atoms with Gasteiger partial charge in [-0.15, -0.1) is 11.3 Å². The molecule has 146 valence electrons. The van der Waals surface area contributed by atoms with Gasteiger partial charge in [0.1, 0.15) is 12.4 Å². The van der Waals surface area contributed by atoms with E-state index in [9.17, 15) is 4.79 Å². The monoisotopic (exact) mass is 395 g/mol. The van der Waals surface area contributed by atoms with Crippen molar-refractivity contribution in [3.63, 3.8) is 0 Å². The second kappa shape index (κ2) is 10.0. The zero-order chi connectivity index (χ0) is 19.8. The Labute approximate surface area is 169 Å². The van der Waals surface area contributed by atoms with E-state index in [1.807, 2.05) is 48.7 Å². The van der Waals surface area contributed by atoms with Crippen LogP contribution in [0.2, 0.25) is 0 Å². The Hall–Kier alpha value is -2.70. The molecule has 0 saturated heterocycles. The number of carbonyl (C=O) groups excluding carboxylic acids is 1. The van der Waals surface area contributed by atoms with Crippen molar-refractivity contribution >= 4 is 17.2 Å². The third-order valence-electron chi connectivity index (χ3n) is 4.33. The van der Waals surface area contributed by atoms with Gasteiger partial charge in [0, 0.05) is 30.6 Å². The summed E-state index contributed by atoms with van der Waals surface area (Å²) in [4.78, 5) is 19.2. The number of ether oxygens (including phenoxy) is 1. The maximum absolute atomic E-state index is 13.0. The third-order valence-corrected chi connectivity index (χ3v) is 5.16. The molecule has 2 N–H and O–H groups in total. The molecule has 0 bridgehead atoms. The maximum atomic E-state index is 13.0. The molecule has 2 aromatic carbocycles. The first-order valence-electron chi connectivity index (χ1n) is 9.33. The molecule has 0 aliphatic heterocycles. The largest absolute Gasteiger partial charge is 0.487 e. The number of nitrogens with two attached hydrogens (primary N) is 1. The minimum absolute atomic E-state index is 0.0312. The molecule has 0 unspecified atom stereocenters. The standard InChI is InChI=1S/C22H25N3O2S/c1-17-24-20(16-28-17)15-27-21-9-5-8-19(14-21)22(26)25(13-11-23)12-10-18-6-3-2-4-7-18/h2-9,14,16H,10-13,15,23H2,1H3. The van der Waals surface area contributed by atoms with Gasteiger partial charge in [0.2, 0.25) is 0 Å². The molecular formula is C22H25N3O2S. The van der Waals surface area contributed by atoms with Crippen LogP contribution in [-0.2, 0) is 13.0 Å². The number of hydrogen-bond donors (Lipinski definition) is 1. The lowest BCUT2D eigenvalue weighted by Crippen LogP contribution is -2.36. The smallest absolute Gasteiger partial charge is 0.254 e. The Bertz CT molecular complexity index is 896. The van der Waals surface area contributed by atoms with Gasteiger partial charge in [0.15, 0.2) is 0 Å². The number of aryl methyl sites for hydroxylation is 1. The SMILES string of the molecule is Cc1nc(COc2cccc(C(=O)N(CCN)CCc3ccccc3)c2)cs1. The Balaban J connectivity index is 1.64. The highest BCUT2D eigenvalue weighted by Crippen LogP contribution is 2.18. The van der Waals surface area contributed by atoms with Crippen LogP contribution in [0.3, 0.4) is 0 Å². The van der Waals surface area contributed by atoms with Crippen molar-refractivity contribution in [2.75, 3.05) is 19.6 Å². The van der Waals surface area contributed by atoms with Crippen LogP contribution < -0.4 is 10.5 Å². The topological polar surface area (TPSA) is 68.5 Å². The van der Waals surface area contributed by atoms with Gasteiger partial charge in [0.25, 0.3) is 5.91 Å². The summed E-state index contributed by atoms with van der Waals surface area (Å²) in [6, 6.07) is 17.4. The summed E-state index contributed by atoms with van der Waals surface area (Å²) >= 11 is 1.60. The highest BCUT2D eigenvalue weighted by Gasteiger charge is 2.16. The van der Waals surface area contributed by atoms with Crippen molar-refractivity contribution in [2.24, 2.45) is 5.73 Å². The van der Waals surface area contributed by atoms with E-state index in [1.54, 1.807) is 22.3 Å². The Morgan fingerprint density at radius 2 is 1.96 bits per heavy atom. The molecule has 5 nitrogen and oxygen atoms in total. The summed E-state index contributed by atoms with van der Waals surface area (Å²) in [5.41, 5.74) is 8.44. The summed E-state index contributed by atoms with van der Waals surface area (Å²) in [7, 11) is 0. The van der Waals surface area contributed by atoms with Crippen LogP contribution >= 0.6 is 11.3 Å². The highest BCUT2D eigenvalue weighted by molar-refractivity contribution is 7.09. The number of benzene rings is 2. The molecule has 0 fully saturated rings. The van der Waals surface area contributed by atoms with E-state index in [4.69, 9.17) is 10.5 Å². The molecule has 3 rings (SSSR count). The van der Waals surface area contributed by atoms with E-state index in [0.717, 1.165) is 17.1 Å². The van der Waals surface area contributed by atoms with Crippen molar-refractivity contribution in [3.8, 4) is 5.75 Å². The molecule has 3 aromatic rings. The first kappa shape index (κ1) is 20.0. The Kier molecular flexibility index (Phi) is 7.17. The molecule has 1 heterocycles. The average Bonchev–Trinajstić information content (AvgIpc) is 3.15. The quantitative estimate of drug-likeness (QED) is 0.600. The van der Waals surface area contributed by atoms with Crippen molar-refractivity contribution in [3.05, 3.63) is 81.8 Å². The van der Waals surface area contributed by atoms with E-state index >= 15 is 0 Å². The minimum atomic E-state index is -0.0312. The number of hydrogen-bond acceptors (Lipinski definition) is 5. The van der Waals surface area contributed by atoms with Crippen molar-refractivity contribution < 1.29 is 9.53 Å². The van der Waals surface area contributed by atoms with Gasteiger partial charge in [-0.1, -0.05) is 36.4 Å². The van der Waals surface area contributed by atoms with Crippen molar-refractivity contribution in [1.29, 1.82) is 0 Å². The molecule has 0 radical (unpaired) electrons. The molecule has 0 aliphatic rings. The lowest BCUT2D eigenvalue weighted by molar-refractivity contribution is 0.0761. The lowest BCUT2D eigenvalue weighted by Gasteiger charge is -2.22. The first-order chi connectivity index (χ1) is 13.7. The second-order valence-electron chi connectivity index (χ2n) is 6.49.